The molecule has 0 aliphatic carbocycles. The van der Waals surface area contributed by atoms with Gasteiger partial charge in [0.15, 0.2) is 0 Å². The quantitative estimate of drug-likeness (QED) is 0.914. The van der Waals surface area contributed by atoms with Crippen molar-refractivity contribution >= 4 is 0 Å². The average molecular weight is 264 g/mol. The van der Waals surface area contributed by atoms with Gasteiger partial charge in [0, 0.05) is 17.2 Å². The molecule has 0 bridgehead atoms. The van der Waals surface area contributed by atoms with Crippen LogP contribution in [0.25, 0.3) is 0 Å². The zero-order valence-corrected chi connectivity index (χ0v) is 10.4. The van der Waals surface area contributed by atoms with Gasteiger partial charge in [-0.25, -0.2) is 8.78 Å². The molecule has 100 valence electrons. The summed E-state index contributed by atoms with van der Waals surface area (Å²) in [7, 11) is 0. The van der Waals surface area contributed by atoms with Gasteiger partial charge in [0.2, 0.25) is 0 Å². The van der Waals surface area contributed by atoms with E-state index in [4.69, 9.17) is 4.74 Å². The molecule has 0 radical (unpaired) electrons. The highest BCUT2D eigenvalue weighted by Crippen LogP contribution is 2.25. The third-order valence-corrected chi connectivity index (χ3v) is 2.77. The summed E-state index contributed by atoms with van der Waals surface area (Å²) in [5, 5.41) is 9.59. The van der Waals surface area contributed by atoms with Crippen LogP contribution in [-0.2, 0) is 6.61 Å². The van der Waals surface area contributed by atoms with Gasteiger partial charge in [0.05, 0.1) is 6.10 Å². The van der Waals surface area contributed by atoms with Gasteiger partial charge in [0.1, 0.15) is 24.0 Å². The molecule has 2 aromatic rings. The molecule has 0 fully saturated rings. The maximum atomic E-state index is 13.4. The van der Waals surface area contributed by atoms with Crippen LogP contribution >= 0.6 is 0 Å². The number of hydrogen-bond donors (Lipinski definition) is 1. The molecule has 19 heavy (non-hydrogen) atoms. The van der Waals surface area contributed by atoms with Crippen molar-refractivity contribution in [1.29, 1.82) is 0 Å². The predicted octanol–water partition coefficient (Wildman–Crippen LogP) is 3.60. The molecule has 0 saturated carbocycles. The van der Waals surface area contributed by atoms with Crippen LogP contribution in [0, 0.1) is 11.6 Å². The van der Waals surface area contributed by atoms with Crippen LogP contribution in [-0.4, -0.2) is 5.11 Å². The van der Waals surface area contributed by atoms with E-state index < -0.39 is 17.7 Å². The van der Waals surface area contributed by atoms with Crippen molar-refractivity contribution < 1.29 is 18.6 Å². The molecule has 2 rings (SSSR count). The molecule has 0 unspecified atom stereocenters. The highest BCUT2D eigenvalue weighted by molar-refractivity contribution is 5.35. The Morgan fingerprint density at radius 3 is 2.58 bits per heavy atom. The van der Waals surface area contributed by atoms with Crippen LogP contribution in [0.1, 0.15) is 24.2 Å². The summed E-state index contributed by atoms with van der Waals surface area (Å²) in [4.78, 5) is 0. The van der Waals surface area contributed by atoms with Crippen molar-refractivity contribution in [3.05, 3.63) is 65.2 Å². The maximum absolute atomic E-state index is 13.4. The Labute approximate surface area is 110 Å². The molecule has 0 saturated heterocycles. The summed E-state index contributed by atoms with van der Waals surface area (Å²) in [5.74, 6) is -0.776. The van der Waals surface area contributed by atoms with E-state index >= 15 is 0 Å². The highest BCUT2D eigenvalue weighted by atomic mass is 19.1. The second-order valence-electron chi connectivity index (χ2n) is 4.24. The van der Waals surface area contributed by atoms with Crippen LogP contribution in [0.3, 0.4) is 0 Å². The molecule has 0 spiro atoms. The van der Waals surface area contributed by atoms with Crippen molar-refractivity contribution in [1.82, 2.24) is 0 Å². The maximum Gasteiger partial charge on any atom is 0.132 e. The fourth-order valence-corrected chi connectivity index (χ4v) is 1.75. The predicted molar refractivity (Wildman–Crippen MR) is 67.8 cm³/mol. The lowest BCUT2D eigenvalue weighted by molar-refractivity contribution is 0.190. The van der Waals surface area contributed by atoms with Gasteiger partial charge in [-0.2, -0.15) is 0 Å². The van der Waals surface area contributed by atoms with Crippen LogP contribution in [0.15, 0.2) is 42.5 Å². The second kappa shape index (κ2) is 5.80. The highest BCUT2D eigenvalue weighted by Gasteiger charge is 2.10. The van der Waals surface area contributed by atoms with E-state index in [1.807, 2.05) is 0 Å². The average Bonchev–Trinajstić information content (AvgIpc) is 2.38. The largest absolute Gasteiger partial charge is 0.488 e. The van der Waals surface area contributed by atoms with E-state index in [9.17, 15) is 13.9 Å². The van der Waals surface area contributed by atoms with Crippen molar-refractivity contribution in [3.8, 4) is 5.75 Å². The van der Waals surface area contributed by atoms with Crippen LogP contribution in [0.4, 0.5) is 8.78 Å². The number of rotatable bonds is 4. The minimum absolute atomic E-state index is 0.0180. The topological polar surface area (TPSA) is 29.5 Å². The van der Waals surface area contributed by atoms with E-state index in [0.29, 0.717) is 11.3 Å². The number of halogens is 2. The molecular weight excluding hydrogens is 250 g/mol. The van der Waals surface area contributed by atoms with Crippen molar-refractivity contribution in [2.45, 2.75) is 19.6 Å². The third kappa shape index (κ3) is 3.29. The number of benzene rings is 2. The fourth-order valence-electron chi connectivity index (χ4n) is 1.75. The first kappa shape index (κ1) is 13.5. The van der Waals surface area contributed by atoms with Crippen molar-refractivity contribution in [2.75, 3.05) is 0 Å². The lowest BCUT2D eigenvalue weighted by atomic mass is 10.1. The standard InChI is InChI=1S/C15H14F2O2/c1-10(18)13-4-2-3-5-15(13)19-9-11-6-7-12(16)8-14(11)17/h2-8,10,18H,9H2,1H3/t10-/m0/s1. The van der Waals surface area contributed by atoms with E-state index in [-0.39, 0.29) is 12.2 Å². The van der Waals surface area contributed by atoms with Crippen molar-refractivity contribution in [2.24, 2.45) is 0 Å². The molecule has 2 aromatic carbocycles. The first-order chi connectivity index (χ1) is 9.08. The summed E-state index contributed by atoms with van der Waals surface area (Å²) < 4.78 is 31.7. The fraction of sp³-hybridized carbons (Fsp3) is 0.200. The minimum Gasteiger partial charge on any atom is -0.488 e. The summed E-state index contributed by atoms with van der Waals surface area (Å²) >= 11 is 0. The zero-order chi connectivity index (χ0) is 13.8. The first-order valence-electron chi connectivity index (χ1n) is 5.91. The zero-order valence-electron chi connectivity index (χ0n) is 10.4. The van der Waals surface area contributed by atoms with Gasteiger partial charge in [-0.3, -0.25) is 0 Å². The Hall–Kier alpha value is -1.94. The van der Waals surface area contributed by atoms with E-state index in [2.05, 4.69) is 0 Å². The summed E-state index contributed by atoms with van der Waals surface area (Å²) in [6.07, 6.45) is -0.672. The number of hydrogen-bond acceptors (Lipinski definition) is 2. The lowest BCUT2D eigenvalue weighted by Crippen LogP contribution is -2.02. The van der Waals surface area contributed by atoms with Gasteiger partial charge in [0.25, 0.3) is 0 Å². The molecule has 1 N–H and O–H groups in total. The van der Waals surface area contributed by atoms with Gasteiger partial charge in [-0.05, 0) is 25.1 Å². The number of aliphatic hydroxyl groups is 1. The monoisotopic (exact) mass is 264 g/mol. The van der Waals surface area contributed by atoms with Gasteiger partial charge in [-0.15, -0.1) is 0 Å². The smallest absolute Gasteiger partial charge is 0.132 e. The molecule has 0 amide bonds. The van der Waals surface area contributed by atoms with Gasteiger partial charge >= 0.3 is 0 Å². The van der Waals surface area contributed by atoms with Gasteiger partial charge < -0.3 is 9.84 Å². The molecule has 0 aliphatic rings. The van der Waals surface area contributed by atoms with Crippen molar-refractivity contribution in [3.63, 3.8) is 0 Å². The van der Waals surface area contributed by atoms with Crippen LogP contribution < -0.4 is 4.74 Å². The Bertz CT molecular complexity index is 568. The Kier molecular flexibility index (Phi) is 4.12. The Balaban J connectivity index is 2.14. The molecule has 1 atom stereocenters. The minimum atomic E-state index is -0.672. The SMILES string of the molecule is C[C@H](O)c1ccccc1OCc1ccc(F)cc1F. The molecule has 0 aromatic heterocycles. The summed E-state index contributed by atoms with van der Waals surface area (Å²) in [6, 6.07) is 10.3. The van der Waals surface area contributed by atoms with Crippen LogP contribution in [0.5, 0.6) is 5.75 Å². The molecule has 4 heteroatoms. The number of aliphatic hydroxyl groups excluding tert-OH is 1. The summed E-state index contributed by atoms with van der Waals surface area (Å²) in [5.41, 5.74) is 0.895. The number of para-hydroxylation sites is 1. The van der Waals surface area contributed by atoms with E-state index in [1.165, 1.54) is 12.1 Å². The van der Waals surface area contributed by atoms with Crippen LogP contribution in [0.2, 0.25) is 0 Å². The summed E-state index contributed by atoms with van der Waals surface area (Å²) in [6.45, 7) is 1.61. The van der Waals surface area contributed by atoms with E-state index in [0.717, 1.165) is 6.07 Å². The Morgan fingerprint density at radius 2 is 1.89 bits per heavy atom. The Morgan fingerprint density at radius 1 is 1.16 bits per heavy atom. The molecule has 0 heterocycles. The van der Waals surface area contributed by atoms with Gasteiger partial charge in [-0.1, -0.05) is 18.2 Å². The lowest BCUT2D eigenvalue weighted by Gasteiger charge is -2.13. The second-order valence-corrected chi connectivity index (χ2v) is 4.24. The normalized spacial score (nSPS) is 12.2. The molecule has 2 nitrogen and oxygen atoms in total. The third-order valence-electron chi connectivity index (χ3n) is 2.77. The van der Waals surface area contributed by atoms with E-state index in [1.54, 1.807) is 31.2 Å². The first-order valence-corrected chi connectivity index (χ1v) is 5.91. The molecule has 0 aliphatic heterocycles. The number of ether oxygens (including phenoxy) is 1. The molecular formula is C15H14F2O2.